The van der Waals surface area contributed by atoms with E-state index >= 15 is 0 Å². The van der Waals surface area contributed by atoms with Crippen LogP contribution in [0, 0.1) is 0 Å². The van der Waals surface area contributed by atoms with Crippen molar-refractivity contribution in [1.29, 1.82) is 0 Å². The lowest BCUT2D eigenvalue weighted by atomic mass is 10.1. The Morgan fingerprint density at radius 3 is 2.65 bits per heavy atom. The standard InChI is InChI=1S/C12H11ClF3N3S/c1-19(7-10-11(13)20-18-17-10)6-8-3-2-4-9(5-8)12(14,15)16/h2-5H,6-7H2,1H3. The van der Waals surface area contributed by atoms with Crippen molar-refractivity contribution in [1.82, 2.24) is 14.5 Å². The number of nitrogens with zero attached hydrogens (tertiary/aromatic N) is 3. The van der Waals surface area contributed by atoms with Crippen LogP contribution in [0.25, 0.3) is 0 Å². The van der Waals surface area contributed by atoms with Gasteiger partial charge in [-0.25, -0.2) is 0 Å². The number of hydrogen-bond donors (Lipinski definition) is 0. The van der Waals surface area contributed by atoms with Crippen LogP contribution < -0.4 is 0 Å². The molecule has 2 rings (SSSR count). The first kappa shape index (κ1) is 15.2. The third-order valence-corrected chi connectivity index (χ3v) is 3.62. The Labute approximate surface area is 123 Å². The van der Waals surface area contributed by atoms with Crippen molar-refractivity contribution in [3.05, 3.63) is 45.4 Å². The van der Waals surface area contributed by atoms with E-state index in [1.165, 1.54) is 6.07 Å². The number of aromatic nitrogens is 2. The van der Waals surface area contributed by atoms with Crippen LogP contribution in [-0.2, 0) is 19.3 Å². The van der Waals surface area contributed by atoms with Crippen molar-refractivity contribution in [2.45, 2.75) is 19.3 Å². The molecule has 108 valence electrons. The van der Waals surface area contributed by atoms with Gasteiger partial charge in [-0.1, -0.05) is 34.3 Å². The number of hydrogen-bond acceptors (Lipinski definition) is 4. The first-order chi connectivity index (χ1) is 9.36. The second-order valence-corrected chi connectivity index (χ2v) is 5.72. The molecule has 0 radical (unpaired) electrons. The van der Waals surface area contributed by atoms with Crippen LogP contribution in [0.1, 0.15) is 16.8 Å². The highest BCUT2D eigenvalue weighted by Gasteiger charge is 2.30. The second-order valence-electron chi connectivity index (χ2n) is 4.36. The van der Waals surface area contributed by atoms with Gasteiger partial charge in [0, 0.05) is 24.6 Å². The fourth-order valence-corrected chi connectivity index (χ4v) is 2.37. The predicted octanol–water partition coefficient (Wildman–Crippen LogP) is 3.84. The van der Waals surface area contributed by atoms with E-state index in [1.807, 2.05) is 4.90 Å². The van der Waals surface area contributed by atoms with Crippen LogP contribution in [0.5, 0.6) is 0 Å². The fourth-order valence-electron chi connectivity index (χ4n) is 1.76. The SMILES string of the molecule is CN(Cc1cccc(C(F)(F)F)c1)Cc1nnsc1Cl. The van der Waals surface area contributed by atoms with Gasteiger partial charge >= 0.3 is 6.18 Å². The molecule has 0 unspecified atom stereocenters. The summed E-state index contributed by atoms with van der Waals surface area (Å²) in [5.41, 5.74) is 0.574. The Morgan fingerprint density at radius 2 is 2.05 bits per heavy atom. The fraction of sp³-hybridized carbons (Fsp3) is 0.333. The van der Waals surface area contributed by atoms with Crippen molar-refractivity contribution < 1.29 is 13.2 Å². The van der Waals surface area contributed by atoms with Crippen LogP contribution in [-0.4, -0.2) is 21.5 Å². The minimum absolute atomic E-state index is 0.373. The molecule has 0 aliphatic carbocycles. The van der Waals surface area contributed by atoms with Crippen molar-refractivity contribution in [3.63, 3.8) is 0 Å². The summed E-state index contributed by atoms with van der Waals surface area (Å²) in [6.45, 7) is 0.809. The maximum atomic E-state index is 12.6. The van der Waals surface area contributed by atoms with E-state index in [2.05, 4.69) is 9.59 Å². The van der Waals surface area contributed by atoms with E-state index in [-0.39, 0.29) is 0 Å². The number of rotatable bonds is 4. The van der Waals surface area contributed by atoms with E-state index in [9.17, 15) is 13.2 Å². The average molecular weight is 322 g/mol. The molecule has 0 N–H and O–H groups in total. The first-order valence-electron chi connectivity index (χ1n) is 5.67. The summed E-state index contributed by atoms with van der Waals surface area (Å²) >= 11 is 6.98. The van der Waals surface area contributed by atoms with Gasteiger partial charge in [0.1, 0.15) is 10.0 Å². The van der Waals surface area contributed by atoms with Gasteiger partial charge in [0.05, 0.1) is 5.56 Å². The van der Waals surface area contributed by atoms with Crippen LogP contribution >= 0.6 is 23.1 Å². The molecule has 1 aromatic heterocycles. The summed E-state index contributed by atoms with van der Waals surface area (Å²) < 4.78 is 42.1. The van der Waals surface area contributed by atoms with E-state index in [1.54, 1.807) is 13.1 Å². The van der Waals surface area contributed by atoms with Gasteiger partial charge in [-0.15, -0.1) is 5.10 Å². The normalized spacial score (nSPS) is 12.1. The molecule has 0 aliphatic heterocycles. The average Bonchev–Trinajstić information content (AvgIpc) is 2.74. The van der Waals surface area contributed by atoms with E-state index in [4.69, 9.17) is 11.6 Å². The zero-order valence-electron chi connectivity index (χ0n) is 10.5. The monoisotopic (exact) mass is 321 g/mol. The largest absolute Gasteiger partial charge is 0.416 e. The van der Waals surface area contributed by atoms with Gasteiger partial charge in [0.15, 0.2) is 0 Å². The number of alkyl halides is 3. The molecule has 0 aliphatic rings. The quantitative estimate of drug-likeness (QED) is 0.856. The summed E-state index contributed by atoms with van der Waals surface area (Å²) in [6.07, 6.45) is -4.32. The Bertz CT molecular complexity index is 585. The maximum absolute atomic E-state index is 12.6. The molecular formula is C12H11ClF3N3S. The van der Waals surface area contributed by atoms with E-state index in [0.29, 0.717) is 28.7 Å². The molecule has 1 heterocycles. The van der Waals surface area contributed by atoms with Gasteiger partial charge in [0.25, 0.3) is 0 Å². The van der Waals surface area contributed by atoms with Gasteiger partial charge in [-0.3, -0.25) is 4.90 Å². The van der Waals surface area contributed by atoms with Crippen LogP contribution in [0.15, 0.2) is 24.3 Å². The first-order valence-corrected chi connectivity index (χ1v) is 6.83. The molecule has 0 saturated carbocycles. The smallest absolute Gasteiger partial charge is 0.296 e. The van der Waals surface area contributed by atoms with Crippen molar-refractivity contribution in [2.75, 3.05) is 7.05 Å². The molecule has 0 saturated heterocycles. The van der Waals surface area contributed by atoms with Gasteiger partial charge in [0.2, 0.25) is 0 Å². The van der Waals surface area contributed by atoms with Gasteiger partial charge in [-0.2, -0.15) is 13.2 Å². The minimum atomic E-state index is -4.32. The summed E-state index contributed by atoms with van der Waals surface area (Å²) in [6, 6.07) is 5.28. The van der Waals surface area contributed by atoms with E-state index in [0.717, 1.165) is 23.7 Å². The zero-order chi connectivity index (χ0) is 14.8. The lowest BCUT2D eigenvalue weighted by Crippen LogP contribution is -2.18. The minimum Gasteiger partial charge on any atom is -0.296 e. The second kappa shape index (κ2) is 6.07. The lowest BCUT2D eigenvalue weighted by molar-refractivity contribution is -0.137. The molecule has 0 bridgehead atoms. The topological polar surface area (TPSA) is 29.0 Å². The Hall–Kier alpha value is -1.18. The molecule has 0 fully saturated rings. The highest BCUT2D eigenvalue weighted by molar-refractivity contribution is 7.10. The van der Waals surface area contributed by atoms with Crippen molar-refractivity contribution >= 4 is 23.1 Å². The Kier molecular flexibility index (Phi) is 4.62. The van der Waals surface area contributed by atoms with Crippen molar-refractivity contribution in [2.24, 2.45) is 0 Å². The van der Waals surface area contributed by atoms with Gasteiger partial charge in [-0.05, 0) is 18.7 Å². The molecule has 1 aromatic carbocycles. The van der Waals surface area contributed by atoms with E-state index < -0.39 is 11.7 Å². The Balaban J connectivity index is 2.05. The molecule has 2 aromatic rings. The third kappa shape index (κ3) is 3.91. The van der Waals surface area contributed by atoms with Crippen molar-refractivity contribution in [3.8, 4) is 0 Å². The third-order valence-electron chi connectivity index (χ3n) is 2.64. The van der Waals surface area contributed by atoms with Crippen LogP contribution in [0.2, 0.25) is 4.34 Å². The summed E-state index contributed by atoms with van der Waals surface area (Å²) in [5.74, 6) is 0. The van der Waals surface area contributed by atoms with Crippen LogP contribution in [0.4, 0.5) is 13.2 Å². The highest BCUT2D eigenvalue weighted by Crippen LogP contribution is 2.29. The lowest BCUT2D eigenvalue weighted by Gasteiger charge is -2.16. The number of halogens is 4. The molecular weight excluding hydrogens is 311 g/mol. The molecule has 3 nitrogen and oxygen atoms in total. The highest BCUT2D eigenvalue weighted by atomic mass is 35.5. The summed E-state index contributed by atoms with van der Waals surface area (Å²) in [4.78, 5) is 1.83. The Morgan fingerprint density at radius 1 is 1.30 bits per heavy atom. The number of benzene rings is 1. The predicted molar refractivity (Wildman–Crippen MR) is 71.5 cm³/mol. The van der Waals surface area contributed by atoms with Crippen LogP contribution in [0.3, 0.4) is 0 Å². The molecule has 8 heteroatoms. The molecule has 0 amide bonds. The molecule has 0 spiro atoms. The summed E-state index contributed by atoms with van der Waals surface area (Å²) in [7, 11) is 1.79. The maximum Gasteiger partial charge on any atom is 0.416 e. The molecule has 0 atom stereocenters. The zero-order valence-corrected chi connectivity index (χ0v) is 12.1. The summed E-state index contributed by atoms with van der Waals surface area (Å²) in [5, 5.41) is 3.87. The van der Waals surface area contributed by atoms with Gasteiger partial charge < -0.3 is 0 Å². The molecule has 20 heavy (non-hydrogen) atoms.